The second-order valence-corrected chi connectivity index (χ2v) is 6.48. The first-order chi connectivity index (χ1) is 12.2. The monoisotopic (exact) mass is 336 g/mol. The average molecular weight is 336 g/mol. The topological polar surface area (TPSA) is 64.2 Å². The molecule has 4 rings (SSSR count). The molecular formula is C19H20N4O2. The quantitative estimate of drug-likeness (QED) is 0.734. The van der Waals surface area contributed by atoms with Gasteiger partial charge in [0.1, 0.15) is 0 Å². The number of nitrogens with zero attached hydrogens (tertiary/aromatic N) is 4. The van der Waals surface area contributed by atoms with Crippen molar-refractivity contribution in [1.29, 1.82) is 0 Å². The molecule has 1 aliphatic heterocycles. The number of likely N-dealkylation sites (tertiary alicyclic amines) is 1. The molecule has 6 nitrogen and oxygen atoms in total. The fraction of sp³-hybridized carbons (Fsp3) is 0.316. The highest BCUT2D eigenvalue weighted by Gasteiger charge is 2.31. The summed E-state index contributed by atoms with van der Waals surface area (Å²) < 4.78 is 7.28. The van der Waals surface area contributed by atoms with Crippen LogP contribution in [0.5, 0.6) is 0 Å². The molecule has 0 radical (unpaired) electrons. The Bertz CT molecular complexity index is 868. The summed E-state index contributed by atoms with van der Waals surface area (Å²) in [6, 6.07) is 11.6. The van der Waals surface area contributed by atoms with Crippen LogP contribution in [0.3, 0.4) is 0 Å². The van der Waals surface area contributed by atoms with Gasteiger partial charge in [0, 0.05) is 24.4 Å². The minimum atomic E-state index is -0.0719. The Hall–Kier alpha value is -2.89. The van der Waals surface area contributed by atoms with Gasteiger partial charge in [-0.3, -0.25) is 9.48 Å². The zero-order valence-electron chi connectivity index (χ0n) is 14.1. The molecular weight excluding hydrogens is 316 g/mol. The van der Waals surface area contributed by atoms with E-state index in [0.717, 1.165) is 30.5 Å². The second kappa shape index (κ2) is 6.55. The molecule has 0 bridgehead atoms. The Morgan fingerprint density at radius 3 is 2.92 bits per heavy atom. The molecule has 3 heterocycles. The summed E-state index contributed by atoms with van der Waals surface area (Å²) in [6.07, 6.45) is 5.82. The zero-order chi connectivity index (χ0) is 17.2. The van der Waals surface area contributed by atoms with Crippen molar-refractivity contribution >= 4 is 5.91 Å². The van der Waals surface area contributed by atoms with Crippen molar-refractivity contribution < 1.29 is 9.32 Å². The summed E-state index contributed by atoms with van der Waals surface area (Å²) in [6.45, 7) is 3.47. The molecule has 2 aromatic heterocycles. The molecule has 25 heavy (non-hydrogen) atoms. The normalized spacial score (nSPS) is 17.2. The molecule has 1 saturated heterocycles. The molecule has 6 heteroatoms. The fourth-order valence-electron chi connectivity index (χ4n) is 3.34. The number of amides is 1. The number of carbonyl (C=O) groups excluding carboxylic acids is 1. The Morgan fingerprint density at radius 2 is 2.16 bits per heavy atom. The number of carbonyl (C=O) groups is 1. The van der Waals surface area contributed by atoms with E-state index in [-0.39, 0.29) is 11.9 Å². The molecule has 1 atom stereocenters. The van der Waals surface area contributed by atoms with Gasteiger partial charge >= 0.3 is 0 Å². The van der Waals surface area contributed by atoms with Crippen LogP contribution < -0.4 is 0 Å². The predicted molar refractivity (Wildman–Crippen MR) is 93.0 cm³/mol. The summed E-state index contributed by atoms with van der Waals surface area (Å²) in [5, 5.41) is 8.33. The molecule has 0 aliphatic carbocycles. The van der Waals surface area contributed by atoms with Gasteiger partial charge in [0.05, 0.1) is 18.8 Å². The van der Waals surface area contributed by atoms with Gasteiger partial charge in [-0.2, -0.15) is 5.10 Å². The van der Waals surface area contributed by atoms with Gasteiger partial charge in [0.15, 0.2) is 11.5 Å². The number of benzene rings is 1. The van der Waals surface area contributed by atoms with Crippen molar-refractivity contribution in [3.8, 4) is 11.3 Å². The third kappa shape index (κ3) is 3.20. The zero-order valence-corrected chi connectivity index (χ0v) is 14.1. The highest BCUT2D eigenvalue weighted by molar-refractivity contribution is 5.93. The molecule has 0 saturated carbocycles. The Morgan fingerprint density at radius 1 is 1.32 bits per heavy atom. The average Bonchev–Trinajstić information content (AvgIpc) is 3.37. The van der Waals surface area contributed by atoms with Crippen LogP contribution in [0, 0.1) is 6.92 Å². The van der Waals surface area contributed by atoms with Gasteiger partial charge in [-0.1, -0.05) is 35.5 Å². The van der Waals surface area contributed by atoms with E-state index in [9.17, 15) is 4.79 Å². The minimum Gasteiger partial charge on any atom is -0.355 e. The number of aromatic nitrogens is 3. The van der Waals surface area contributed by atoms with E-state index in [1.165, 1.54) is 0 Å². The first-order valence-corrected chi connectivity index (χ1v) is 8.53. The van der Waals surface area contributed by atoms with Crippen molar-refractivity contribution in [3.63, 3.8) is 0 Å². The summed E-state index contributed by atoms with van der Waals surface area (Å²) in [4.78, 5) is 14.8. The third-order valence-corrected chi connectivity index (χ3v) is 4.59. The van der Waals surface area contributed by atoms with Crippen molar-refractivity contribution in [1.82, 2.24) is 19.8 Å². The highest BCUT2D eigenvalue weighted by atomic mass is 16.5. The van der Waals surface area contributed by atoms with E-state index in [2.05, 4.69) is 10.3 Å². The maximum atomic E-state index is 12.9. The SMILES string of the molecule is Cc1cnn(C[C@@H]2CCCN2C(=O)c2cc(-c3ccccc3)on2)c1. The molecule has 1 aliphatic rings. The minimum absolute atomic E-state index is 0.0719. The third-order valence-electron chi connectivity index (χ3n) is 4.59. The molecule has 3 aromatic rings. The van der Waals surface area contributed by atoms with E-state index >= 15 is 0 Å². The van der Waals surface area contributed by atoms with E-state index in [1.807, 2.05) is 59.2 Å². The highest BCUT2D eigenvalue weighted by Crippen LogP contribution is 2.24. The Balaban J connectivity index is 1.51. The number of hydrogen-bond donors (Lipinski definition) is 0. The lowest BCUT2D eigenvalue weighted by atomic mass is 10.1. The van der Waals surface area contributed by atoms with Crippen LogP contribution in [-0.2, 0) is 6.54 Å². The fourth-order valence-corrected chi connectivity index (χ4v) is 3.34. The van der Waals surface area contributed by atoms with Crippen molar-refractivity contribution in [2.24, 2.45) is 0 Å². The van der Waals surface area contributed by atoms with Crippen LogP contribution in [0.25, 0.3) is 11.3 Å². The molecule has 0 N–H and O–H groups in total. The van der Waals surface area contributed by atoms with Crippen LogP contribution in [-0.4, -0.2) is 38.3 Å². The molecule has 128 valence electrons. The van der Waals surface area contributed by atoms with Crippen molar-refractivity contribution in [2.75, 3.05) is 6.54 Å². The van der Waals surface area contributed by atoms with Gasteiger partial charge in [-0.05, 0) is 25.3 Å². The van der Waals surface area contributed by atoms with Crippen LogP contribution in [0.1, 0.15) is 28.9 Å². The summed E-state index contributed by atoms with van der Waals surface area (Å²) in [5.74, 6) is 0.541. The number of rotatable bonds is 4. The van der Waals surface area contributed by atoms with E-state index in [0.29, 0.717) is 18.0 Å². The van der Waals surface area contributed by atoms with Gasteiger partial charge in [0.25, 0.3) is 5.91 Å². The molecule has 0 spiro atoms. The molecule has 0 unspecified atom stereocenters. The van der Waals surface area contributed by atoms with E-state index < -0.39 is 0 Å². The molecule has 1 amide bonds. The van der Waals surface area contributed by atoms with E-state index in [1.54, 1.807) is 6.07 Å². The van der Waals surface area contributed by atoms with Gasteiger partial charge < -0.3 is 9.42 Å². The number of hydrogen-bond acceptors (Lipinski definition) is 4. The lowest BCUT2D eigenvalue weighted by Gasteiger charge is -2.23. The predicted octanol–water partition coefficient (Wildman–Crippen LogP) is 3.15. The summed E-state index contributed by atoms with van der Waals surface area (Å²) in [7, 11) is 0. The smallest absolute Gasteiger partial charge is 0.276 e. The summed E-state index contributed by atoms with van der Waals surface area (Å²) >= 11 is 0. The Labute approximate surface area is 146 Å². The first-order valence-electron chi connectivity index (χ1n) is 8.53. The first kappa shape index (κ1) is 15.6. The summed E-state index contributed by atoms with van der Waals surface area (Å²) in [5.41, 5.74) is 2.40. The van der Waals surface area contributed by atoms with Crippen LogP contribution >= 0.6 is 0 Å². The largest absolute Gasteiger partial charge is 0.355 e. The van der Waals surface area contributed by atoms with Gasteiger partial charge in [-0.25, -0.2) is 0 Å². The number of aryl methyl sites for hydroxylation is 1. The Kier molecular flexibility index (Phi) is 4.09. The van der Waals surface area contributed by atoms with Crippen LogP contribution in [0.2, 0.25) is 0 Å². The van der Waals surface area contributed by atoms with Crippen molar-refractivity contribution in [3.05, 3.63) is 60.0 Å². The molecule has 1 aromatic carbocycles. The van der Waals surface area contributed by atoms with Crippen LogP contribution in [0.15, 0.2) is 53.3 Å². The van der Waals surface area contributed by atoms with Gasteiger partial charge in [0.2, 0.25) is 0 Å². The van der Waals surface area contributed by atoms with Crippen molar-refractivity contribution in [2.45, 2.75) is 32.4 Å². The second-order valence-electron chi connectivity index (χ2n) is 6.48. The maximum Gasteiger partial charge on any atom is 0.276 e. The standard InChI is InChI=1S/C19H20N4O2/c1-14-11-20-22(12-14)13-16-8-5-9-23(16)19(24)17-10-18(25-21-17)15-6-3-2-4-7-15/h2-4,6-7,10-12,16H,5,8-9,13H2,1H3/t16-/m0/s1. The van der Waals surface area contributed by atoms with Gasteiger partial charge in [-0.15, -0.1) is 0 Å². The lowest BCUT2D eigenvalue weighted by molar-refractivity contribution is 0.0711. The maximum absolute atomic E-state index is 12.9. The lowest BCUT2D eigenvalue weighted by Crippen LogP contribution is -2.38. The van der Waals surface area contributed by atoms with E-state index in [4.69, 9.17) is 4.52 Å². The van der Waals surface area contributed by atoms with Crippen LogP contribution in [0.4, 0.5) is 0 Å². The molecule has 1 fully saturated rings.